The lowest BCUT2D eigenvalue weighted by molar-refractivity contribution is 1.25. The van der Waals surface area contributed by atoms with Crippen LogP contribution in [0.15, 0.2) is 218 Å². The van der Waals surface area contributed by atoms with Crippen molar-refractivity contribution in [2.45, 2.75) is 0 Å². The van der Waals surface area contributed by atoms with Gasteiger partial charge in [-0.05, 0) is 137 Å². The van der Waals surface area contributed by atoms with E-state index in [9.17, 15) is 0 Å². The molecule has 0 unspecified atom stereocenters. The summed E-state index contributed by atoms with van der Waals surface area (Å²) in [7, 11) is 0. The van der Waals surface area contributed by atoms with Gasteiger partial charge in [0.05, 0.1) is 21.4 Å². The van der Waals surface area contributed by atoms with Crippen molar-refractivity contribution in [3.05, 3.63) is 218 Å². The average Bonchev–Trinajstić information content (AvgIpc) is 4.07. The highest BCUT2D eigenvalue weighted by Crippen LogP contribution is 2.44. The number of fused-ring (bicyclic) bond motifs is 14. The molecule has 0 aliphatic rings. The fourth-order valence-corrected chi connectivity index (χ4v) is 13.1. The minimum atomic E-state index is 1.00. The zero-order valence-corrected chi connectivity index (χ0v) is 37.6. The number of imidazole rings is 1. The summed E-state index contributed by atoms with van der Waals surface area (Å²) in [4.78, 5) is 5.47. The third-order valence-electron chi connectivity index (χ3n) is 14.1. The molecule has 0 radical (unpaired) electrons. The van der Waals surface area contributed by atoms with Crippen molar-refractivity contribution in [1.29, 1.82) is 0 Å². The second-order valence-corrected chi connectivity index (χ2v) is 20.0. The highest BCUT2D eigenvalue weighted by molar-refractivity contribution is 7.26. The third-order valence-corrected chi connectivity index (χ3v) is 16.4. The van der Waals surface area contributed by atoms with Crippen LogP contribution < -0.4 is 0 Å². The average molecular weight is 885 g/mol. The monoisotopic (exact) mass is 884 g/mol. The zero-order valence-electron chi connectivity index (χ0n) is 36.0. The lowest BCUT2D eigenvalue weighted by atomic mass is 9.91. The molecular weight excluding hydrogens is 849 g/mol. The summed E-state index contributed by atoms with van der Waals surface area (Å²) >= 11 is 3.72. The molecule has 2 nitrogen and oxygen atoms in total. The van der Waals surface area contributed by atoms with Crippen molar-refractivity contribution in [1.82, 2.24) is 9.38 Å². The van der Waals surface area contributed by atoms with E-state index in [-0.39, 0.29) is 0 Å². The predicted molar refractivity (Wildman–Crippen MR) is 290 cm³/mol. The molecule has 15 rings (SSSR count). The highest BCUT2D eigenvalue weighted by atomic mass is 32.1. The number of benzene rings is 11. The number of hydrogen-bond donors (Lipinski definition) is 0. The summed E-state index contributed by atoms with van der Waals surface area (Å²) in [6.45, 7) is 0. The minimum absolute atomic E-state index is 1.00. The Morgan fingerprint density at radius 1 is 0.313 bits per heavy atom. The minimum Gasteiger partial charge on any atom is -0.291 e. The summed E-state index contributed by atoms with van der Waals surface area (Å²) in [6.07, 6.45) is 0. The molecule has 310 valence electrons. The number of hydrogen-bond acceptors (Lipinski definition) is 3. The van der Waals surface area contributed by atoms with Gasteiger partial charge in [-0.2, -0.15) is 0 Å². The quantitative estimate of drug-likeness (QED) is 0.161. The summed E-state index contributed by atoms with van der Waals surface area (Å²) < 4.78 is 7.57. The number of nitrogens with zero attached hydrogens (tertiary/aromatic N) is 2. The van der Waals surface area contributed by atoms with Crippen molar-refractivity contribution < 1.29 is 0 Å². The van der Waals surface area contributed by atoms with Gasteiger partial charge >= 0.3 is 0 Å². The second-order valence-electron chi connectivity index (χ2n) is 17.9. The topological polar surface area (TPSA) is 17.3 Å². The first-order chi connectivity index (χ1) is 33.1. The van der Waals surface area contributed by atoms with E-state index < -0.39 is 0 Å². The van der Waals surface area contributed by atoms with Gasteiger partial charge in [0.2, 0.25) is 0 Å². The van der Waals surface area contributed by atoms with Crippen LogP contribution in [0.3, 0.4) is 0 Å². The van der Waals surface area contributed by atoms with Gasteiger partial charge in [0, 0.05) is 35.6 Å². The van der Waals surface area contributed by atoms with Crippen LogP contribution in [0.1, 0.15) is 0 Å². The van der Waals surface area contributed by atoms with E-state index in [1.54, 1.807) is 0 Å². The molecular formula is C63H36N2S2. The number of pyridine rings is 1. The second kappa shape index (κ2) is 14.2. The van der Waals surface area contributed by atoms with Gasteiger partial charge in [-0.25, -0.2) is 4.98 Å². The van der Waals surface area contributed by atoms with Crippen LogP contribution >= 0.6 is 22.7 Å². The molecule has 0 bridgehead atoms. The molecule has 4 heterocycles. The molecule has 0 amide bonds. The maximum absolute atomic E-state index is 5.47. The van der Waals surface area contributed by atoms with Gasteiger partial charge in [-0.3, -0.25) is 4.40 Å². The summed E-state index contributed by atoms with van der Waals surface area (Å²) in [5.74, 6) is 0. The Kier molecular flexibility index (Phi) is 7.85. The first kappa shape index (κ1) is 37.1. The Labute approximate surface area is 392 Å². The molecule has 4 heteroatoms. The zero-order chi connectivity index (χ0) is 43.7. The Hall–Kier alpha value is -8.15. The van der Waals surface area contributed by atoms with E-state index in [1.807, 2.05) is 22.7 Å². The molecule has 0 atom stereocenters. The summed E-state index contributed by atoms with van der Waals surface area (Å²) in [6, 6.07) is 81.1. The third kappa shape index (κ3) is 5.70. The van der Waals surface area contributed by atoms with E-state index in [0.29, 0.717) is 0 Å². The fraction of sp³-hybridized carbons (Fsp3) is 0. The maximum atomic E-state index is 5.47. The van der Waals surface area contributed by atoms with Crippen LogP contribution in [0.4, 0.5) is 0 Å². The molecule has 0 fully saturated rings. The van der Waals surface area contributed by atoms with Crippen LogP contribution in [-0.4, -0.2) is 9.38 Å². The smallest absolute Gasteiger partial charge is 0.156 e. The molecule has 0 aliphatic carbocycles. The number of aromatic nitrogens is 2. The predicted octanol–water partition coefficient (Wildman–Crippen LogP) is 18.5. The van der Waals surface area contributed by atoms with Crippen molar-refractivity contribution in [3.8, 4) is 44.6 Å². The summed E-state index contributed by atoms with van der Waals surface area (Å²) in [5.41, 5.74) is 12.8. The first-order valence-electron chi connectivity index (χ1n) is 22.8. The van der Waals surface area contributed by atoms with Crippen LogP contribution in [0.25, 0.3) is 145 Å². The number of thiophene rings is 2. The highest BCUT2D eigenvalue weighted by Gasteiger charge is 2.20. The van der Waals surface area contributed by atoms with Crippen molar-refractivity contribution in [2.24, 2.45) is 0 Å². The SMILES string of the molecule is c1ccc2cc3cc4c(cc3cc2c1)nc1c2sc3cc5ccccc5cc3c2cc(-c2ccc(-c3ccc(-c5ccc(-c6ccc7c(c6)sc6ccccc67)cc5)c5ccccc35)cc2)n41. The van der Waals surface area contributed by atoms with Crippen molar-refractivity contribution >= 4 is 123 Å². The van der Waals surface area contributed by atoms with E-state index in [2.05, 4.69) is 223 Å². The van der Waals surface area contributed by atoms with Gasteiger partial charge in [0.15, 0.2) is 5.65 Å². The molecule has 11 aromatic carbocycles. The van der Waals surface area contributed by atoms with Gasteiger partial charge < -0.3 is 0 Å². The van der Waals surface area contributed by atoms with Gasteiger partial charge in [0.25, 0.3) is 0 Å². The molecule has 0 spiro atoms. The molecule has 0 N–H and O–H groups in total. The Balaban J connectivity index is 0.848. The lowest BCUT2D eigenvalue weighted by Gasteiger charge is -2.14. The lowest BCUT2D eigenvalue weighted by Crippen LogP contribution is -1.93. The van der Waals surface area contributed by atoms with Crippen LogP contribution in [-0.2, 0) is 0 Å². The van der Waals surface area contributed by atoms with Crippen molar-refractivity contribution in [3.63, 3.8) is 0 Å². The van der Waals surface area contributed by atoms with Crippen LogP contribution in [0, 0.1) is 0 Å². The Morgan fingerprint density at radius 2 is 0.851 bits per heavy atom. The van der Waals surface area contributed by atoms with Gasteiger partial charge in [0.1, 0.15) is 0 Å². The van der Waals surface area contributed by atoms with E-state index in [0.717, 1.165) is 27.9 Å². The summed E-state index contributed by atoms with van der Waals surface area (Å²) in [5, 5.41) is 15.1. The van der Waals surface area contributed by atoms with Gasteiger partial charge in [-0.15, -0.1) is 22.7 Å². The molecule has 0 saturated carbocycles. The van der Waals surface area contributed by atoms with E-state index in [1.165, 1.54) is 117 Å². The van der Waals surface area contributed by atoms with Crippen molar-refractivity contribution in [2.75, 3.05) is 0 Å². The number of rotatable bonds is 4. The van der Waals surface area contributed by atoms with E-state index >= 15 is 0 Å². The molecule has 15 aromatic rings. The molecule has 67 heavy (non-hydrogen) atoms. The van der Waals surface area contributed by atoms with Crippen LogP contribution in [0.2, 0.25) is 0 Å². The molecule has 4 aromatic heterocycles. The molecule has 0 saturated heterocycles. The van der Waals surface area contributed by atoms with E-state index in [4.69, 9.17) is 4.98 Å². The maximum Gasteiger partial charge on any atom is 0.156 e. The van der Waals surface area contributed by atoms with Crippen LogP contribution in [0.5, 0.6) is 0 Å². The largest absolute Gasteiger partial charge is 0.291 e. The normalized spacial score (nSPS) is 12.2. The fourth-order valence-electron chi connectivity index (χ4n) is 10.8. The standard InChI is InChI=1S/C63H36N2S2/c1-2-10-42-30-47-33-58-56(32-46(47)29-41(42)9-1)64-63-62-55(54-31-43-11-3-4-12-44(43)34-61(54)67-62)36-57(65(58)63)40-23-21-39(22-24-40)49-28-27-48(50-13-5-6-14-51(49)50)38-19-17-37(18-20-38)45-25-26-53-52-15-7-8-16-59(52)66-60(53)35-45/h1-36H. The molecule has 0 aliphatic heterocycles. The van der Waals surface area contributed by atoms with Gasteiger partial charge in [-0.1, -0.05) is 164 Å². The Morgan fingerprint density at radius 3 is 1.55 bits per heavy atom. The Bertz CT molecular complexity index is 4530. The first-order valence-corrected chi connectivity index (χ1v) is 24.5.